The Morgan fingerprint density at radius 2 is 2.05 bits per heavy atom. The summed E-state index contributed by atoms with van der Waals surface area (Å²) in [5, 5.41) is 0.642. The van der Waals surface area contributed by atoms with Gasteiger partial charge in [-0.25, -0.2) is 9.78 Å². The predicted molar refractivity (Wildman–Crippen MR) is 83.6 cm³/mol. The highest BCUT2D eigenvalue weighted by molar-refractivity contribution is 6.29. The fourth-order valence-corrected chi connectivity index (χ4v) is 2.82. The van der Waals surface area contributed by atoms with E-state index in [9.17, 15) is 9.59 Å². The number of rotatable bonds is 3. The van der Waals surface area contributed by atoms with Crippen molar-refractivity contribution in [1.29, 1.82) is 0 Å². The Kier molecular flexibility index (Phi) is 3.62. The number of esters is 1. The highest BCUT2D eigenvalue weighted by atomic mass is 35.5. The molecule has 0 saturated heterocycles. The van der Waals surface area contributed by atoms with Crippen LogP contribution in [0.4, 0.5) is 0 Å². The number of aryl methyl sites for hydroxylation is 1. The van der Waals surface area contributed by atoms with Gasteiger partial charge < -0.3 is 4.74 Å². The molecule has 0 aliphatic heterocycles. The maximum absolute atomic E-state index is 12.6. The third kappa shape index (κ3) is 1.99. The van der Waals surface area contributed by atoms with Crippen molar-refractivity contribution in [3.05, 3.63) is 45.6 Å². The summed E-state index contributed by atoms with van der Waals surface area (Å²) < 4.78 is 8.10. The van der Waals surface area contributed by atoms with Crippen molar-refractivity contribution >= 4 is 34.1 Å². The molecular formula is C15H14ClN3O3. The van der Waals surface area contributed by atoms with Crippen LogP contribution in [0.15, 0.2) is 29.1 Å². The molecule has 0 N–H and O–H groups in total. The number of hydrogen-bond acceptors (Lipinski definition) is 4. The molecule has 3 rings (SSSR count). The SMILES string of the molecule is CCOC(=O)c1nc(Cl)n2c3ccccc3c(=O)n(CC)c12. The number of aromatic nitrogens is 3. The summed E-state index contributed by atoms with van der Waals surface area (Å²) in [6.07, 6.45) is 0. The van der Waals surface area contributed by atoms with E-state index >= 15 is 0 Å². The topological polar surface area (TPSA) is 65.6 Å². The lowest BCUT2D eigenvalue weighted by Gasteiger charge is -2.10. The summed E-state index contributed by atoms with van der Waals surface area (Å²) in [4.78, 5) is 28.9. The van der Waals surface area contributed by atoms with Crippen LogP contribution in [0.1, 0.15) is 24.3 Å². The summed E-state index contributed by atoms with van der Waals surface area (Å²) in [5.74, 6) is -0.594. The van der Waals surface area contributed by atoms with Gasteiger partial charge in [0.1, 0.15) is 0 Å². The van der Waals surface area contributed by atoms with Crippen LogP contribution in [-0.4, -0.2) is 26.5 Å². The van der Waals surface area contributed by atoms with Crippen molar-refractivity contribution in [2.45, 2.75) is 20.4 Å². The average Bonchev–Trinajstić information content (AvgIpc) is 2.86. The molecule has 114 valence electrons. The summed E-state index contributed by atoms with van der Waals surface area (Å²) in [7, 11) is 0. The van der Waals surface area contributed by atoms with Gasteiger partial charge in [0.2, 0.25) is 5.28 Å². The zero-order valence-electron chi connectivity index (χ0n) is 12.2. The number of imidazole rings is 1. The second-order valence-electron chi connectivity index (χ2n) is 4.68. The molecule has 6 nitrogen and oxygen atoms in total. The first-order valence-electron chi connectivity index (χ1n) is 6.96. The highest BCUT2D eigenvalue weighted by Gasteiger charge is 2.23. The largest absolute Gasteiger partial charge is 0.461 e. The van der Waals surface area contributed by atoms with Crippen LogP contribution in [-0.2, 0) is 11.3 Å². The maximum Gasteiger partial charge on any atom is 0.360 e. The predicted octanol–water partition coefficient (Wildman–Crippen LogP) is 2.50. The van der Waals surface area contributed by atoms with Gasteiger partial charge in [0.15, 0.2) is 11.3 Å². The van der Waals surface area contributed by atoms with E-state index in [0.717, 1.165) is 0 Å². The minimum Gasteiger partial charge on any atom is -0.461 e. The smallest absolute Gasteiger partial charge is 0.360 e. The molecule has 0 radical (unpaired) electrons. The zero-order valence-corrected chi connectivity index (χ0v) is 12.9. The molecule has 3 aromatic rings. The lowest BCUT2D eigenvalue weighted by atomic mass is 10.2. The Balaban J connectivity index is 2.53. The van der Waals surface area contributed by atoms with Crippen LogP contribution in [0.25, 0.3) is 16.6 Å². The van der Waals surface area contributed by atoms with Crippen LogP contribution in [0, 0.1) is 0 Å². The fourth-order valence-electron chi connectivity index (χ4n) is 2.57. The van der Waals surface area contributed by atoms with E-state index in [2.05, 4.69) is 4.98 Å². The standard InChI is InChI=1S/C15H14ClN3O3/c1-3-18-12-11(14(21)22-4-2)17-15(16)19(12)10-8-6-5-7-9(10)13(18)20/h5-8H,3-4H2,1-2H3. The van der Waals surface area contributed by atoms with Crippen molar-refractivity contribution in [2.75, 3.05) is 6.61 Å². The summed E-state index contributed by atoms with van der Waals surface area (Å²) in [5.41, 5.74) is 0.833. The van der Waals surface area contributed by atoms with Gasteiger partial charge in [-0.15, -0.1) is 0 Å². The number of carbonyl (C=O) groups is 1. The van der Waals surface area contributed by atoms with Gasteiger partial charge in [0.25, 0.3) is 5.56 Å². The van der Waals surface area contributed by atoms with Gasteiger partial charge in [0.05, 0.1) is 17.5 Å². The third-order valence-corrected chi connectivity index (χ3v) is 3.73. The van der Waals surface area contributed by atoms with E-state index in [4.69, 9.17) is 16.3 Å². The summed E-state index contributed by atoms with van der Waals surface area (Å²) >= 11 is 6.21. The Bertz CT molecular complexity index is 942. The van der Waals surface area contributed by atoms with Crippen molar-refractivity contribution < 1.29 is 9.53 Å². The van der Waals surface area contributed by atoms with Crippen molar-refractivity contribution in [2.24, 2.45) is 0 Å². The van der Waals surface area contributed by atoms with Crippen molar-refractivity contribution in [1.82, 2.24) is 14.0 Å². The molecule has 0 amide bonds. The molecule has 22 heavy (non-hydrogen) atoms. The molecule has 0 atom stereocenters. The Labute approximate surface area is 130 Å². The molecule has 0 unspecified atom stereocenters. The molecule has 1 aromatic carbocycles. The minimum atomic E-state index is -0.594. The van der Waals surface area contributed by atoms with E-state index in [-0.39, 0.29) is 23.1 Å². The monoisotopic (exact) mass is 319 g/mol. The van der Waals surface area contributed by atoms with Gasteiger partial charge in [0, 0.05) is 6.54 Å². The molecule has 0 aliphatic carbocycles. The van der Waals surface area contributed by atoms with Gasteiger partial charge >= 0.3 is 5.97 Å². The number of benzene rings is 1. The molecule has 2 heterocycles. The van der Waals surface area contributed by atoms with Crippen LogP contribution in [0.3, 0.4) is 0 Å². The average molecular weight is 320 g/mol. The number of fused-ring (bicyclic) bond motifs is 3. The highest BCUT2D eigenvalue weighted by Crippen LogP contribution is 2.22. The van der Waals surface area contributed by atoms with E-state index in [1.807, 2.05) is 6.92 Å². The van der Waals surface area contributed by atoms with E-state index < -0.39 is 5.97 Å². The fraction of sp³-hybridized carbons (Fsp3) is 0.267. The van der Waals surface area contributed by atoms with Crippen LogP contribution in [0.2, 0.25) is 5.28 Å². The molecule has 7 heteroatoms. The Morgan fingerprint density at radius 1 is 1.32 bits per heavy atom. The molecule has 0 fully saturated rings. The van der Waals surface area contributed by atoms with Crippen LogP contribution < -0.4 is 5.56 Å². The van der Waals surface area contributed by atoms with Gasteiger partial charge in [-0.3, -0.25) is 13.8 Å². The molecule has 0 saturated carbocycles. The second-order valence-corrected chi connectivity index (χ2v) is 5.01. The van der Waals surface area contributed by atoms with E-state index in [1.165, 1.54) is 4.57 Å². The van der Waals surface area contributed by atoms with Gasteiger partial charge in [-0.05, 0) is 37.6 Å². The first-order valence-corrected chi connectivity index (χ1v) is 7.34. The molecule has 0 aliphatic rings. The number of halogens is 1. The molecule has 0 bridgehead atoms. The summed E-state index contributed by atoms with van der Waals surface area (Å²) in [6.45, 7) is 4.15. The zero-order chi connectivity index (χ0) is 15.9. The van der Waals surface area contributed by atoms with Crippen molar-refractivity contribution in [3.8, 4) is 0 Å². The van der Waals surface area contributed by atoms with Gasteiger partial charge in [-0.2, -0.15) is 0 Å². The van der Waals surface area contributed by atoms with E-state index in [0.29, 0.717) is 23.1 Å². The normalized spacial score (nSPS) is 11.2. The Morgan fingerprint density at radius 3 is 2.73 bits per heavy atom. The molecule has 2 aromatic heterocycles. The number of carbonyl (C=O) groups excluding carboxylic acids is 1. The molecular weight excluding hydrogens is 306 g/mol. The van der Waals surface area contributed by atoms with E-state index in [1.54, 1.807) is 35.6 Å². The van der Waals surface area contributed by atoms with Crippen LogP contribution >= 0.6 is 11.6 Å². The van der Waals surface area contributed by atoms with Crippen LogP contribution in [0.5, 0.6) is 0 Å². The lowest BCUT2D eigenvalue weighted by molar-refractivity contribution is 0.0522. The third-order valence-electron chi connectivity index (χ3n) is 3.47. The number of nitrogens with zero attached hydrogens (tertiary/aromatic N) is 3. The maximum atomic E-state index is 12.6. The number of ether oxygens (including phenoxy) is 1. The quantitative estimate of drug-likeness (QED) is 0.696. The minimum absolute atomic E-state index is 0.0524. The summed E-state index contributed by atoms with van der Waals surface area (Å²) in [6, 6.07) is 7.08. The lowest BCUT2D eigenvalue weighted by Crippen LogP contribution is -2.23. The molecule has 0 spiro atoms. The van der Waals surface area contributed by atoms with Crippen molar-refractivity contribution in [3.63, 3.8) is 0 Å². The first-order chi connectivity index (χ1) is 10.6. The second kappa shape index (κ2) is 5.46. The van der Waals surface area contributed by atoms with Gasteiger partial charge in [-0.1, -0.05) is 12.1 Å². The number of hydrogen-bond donors (Lipinski definition) is 0. The Hall–Kier alpha value is -2.34. The first kappa shape index (κ1) is 14.6. The number of para-hydroxylation sites is 1.